The van der Waals surface area contributed by atoms with Gasteiger partial charge in [0.05, 0.1) is 12.6 Å². The molecule has 0 heterocycles. The lowest BCUT2D eigenvalue weighted by atomic mass is 9.98. The molecule has 0 spiro atoms. The molecule has 0 amide bonds. The molecule has 0 saturated carbocycles. The predicted molar refractivity (Wildman–Crippen MR) is 102 cm³/mol. The molecule has 4 atom stereocenters. The highest BCUT2D eigenvalue weighted by molar-refractivity contribution is 5.49. The van der Waals surface area contributed by atoms with E-state index in [-0.39, 0.29) is 0 Å². The van der Waals surface area contributed by atoms with Crippen LogP contribution >= 0.6 is 0 Å². The topological polar surface area (TPSA) is 84.2 Å². The molecule has 5 nitrogen and oxygen atoms in total. The first kappa shape index (κ1) is 20.3. The van der Waals surface area contributed by atoms with Crippen molar-refractivity contribution in [1.82, 2.24) is 4.90 Å². The molecule has 0 radical (unpaired) electrons. The Kier molecular flexibility index (Phi) is 7.97. The van der Waals surface area contributed by atoms with Crippen LogP contribution in [0.4, 0.5) is 0 Å². The van der Waals surface area contributed by atoms with Crippen LogP contribution in [0.3, 0.4) is 0 Å². The van der Waals surface area contributed by atoms with Crippen molar-refractivity contribution >= 4 is 6.08 Å². The molecule has 2 aromatic rings. The van der Waals surface area contributed by atoms with Crippen LogP contribution in [-0.4, -0.2) is 63.3 Å². The maximum absolute atomic E-state index is 10.6. The fourth-order valence-corrected chi connectivity index (χ4v) is 2.81. The molecule has 0 aliphatic carbocycles. The van der Waals surface area contributed by atoms with Gasteiger partial charge >= 0.3 is 0 Å². The number of rotatable bonds is 9. The quantitative estimate of drug-likeness (QED) is 0.543. The van der Waals surface area contributed by atoms with Crippen molar-refractivity contribution < 1.29 is 20.4 Å². The van der Waals surface area contributed by atoms with Gasteiger partial charge in [-0.05, 0) is 18.2 Å². The van der Waals surface area contributed by atoms with Crippen LogP contribution in [-0.2, 0) is 6.54 Å². The lowest BCUT2D eigenvalue weighted by Crippen LogP contribution is -2.50. The van der Waals surface area contributed by atoms with E-state index in [1.54, 1.807) is 6.08 Å². The van der Waals surface area contributed by atoms with E-state index in [0.717, 1.165) is 11.1 Å². The summed E-state index contributed by atoms with van der Waals surface area (Å²) in [5.41, 5.74) is 2.03. The van der Waals surface area contributed by atoms with Crippen LogP contribution in [0.1, 0.15) is 11.1 Å². The first-order valence-corrected chi connectivity index (χ1v) is 8.65. The second-order valence-corrected chi connectivity index (χ2v) is 6.39. The normalized spacial score (nSPS) is 16.5. The summed E-state index contributed by atoms with van der Waals surface area (Å²) >= 11 is 0. The summed E-state index contributed by atoms with van der Waals surface area (Å²) in [4.78, 5) is 1.90. The molecule has 5 heteroatoms. The second-order valence-electron chi connectivity index (χ2n) is 6.39. The SMILES string of the molecule is CN(Cc1ccccc1)C(/C=C/c1ccccc1)C(O)C(O)C(O)CO. The monoisotopic (exact) mass is 357 g/mol. The van der Waals surface area contributed by atoms with E-state index in [1.165, 1.54) is 0 Å². The average Bonchev–Trinajstić information content (AvgIpc) is 2.68. The zero-order valence-electron chi connectivity index (χ0n) is 14.9. The lowest BCUT2D eigenvalue weighted by molar-refractivity contribution is -0.0937. The van der Waals surface area contributed by atoms with Crippen LogP contribution in [0.5, 0.6) is 0 Å². The predicted octanol–water partition coefficient (Wildman–Crippen LogP) is 1.28. The van der Waals surface area contributed by atoms with Crippen molar-refractivity contribution in [2.24, 2.45) is 0 Å². The van der Waals surface area contributed by atoms with Crippen LogP contribution in [0.25, 0.3) is 6.08 Å². The van der Waals surface area contributed by atoms with E-state index in [0.29, 0.717) is 6.54 Å². The summed E-state index contributed by atoms with van der Waals surface area (Å²) in [5, 5.41) is 39.5. The minimum atomic E-state index is -1.45. The third-order valence-electron chi connectivity index (χ3n) is 4.35. The molecule has 0 aromatic heterocycles. The van der Waals surface area contributed by atoms with Gasteiger partial charge in [-0.15, -0.1) is 0 Å². The third kappa shape index (κ3) is 5.76. The highest BCUT2D eigenvalue weighted by Gasteiger charge is 2.32. The lowest BCUT2D eigenvalue weighted by Gasteiger charge is -2.33. The van der Waals surface area contributed by atoms with Gasteiger partial charge in [-0.3, -0.25) is 4.90 Å². The molecule has 4 N–H and O–H groups in total. The maximum Gasteiger partial charge on any atom is 0.110 e. The number of nitrogens with zero attached hydrogens (tertiary/aromatic N) is 1. The van der Waals surface area contributed by atoms with E-state index in [1.807, 2.05) is 78.7 Å². The van der Waals surface area contributed by atoms with E-state index in [2.05, 4.69) is 0 Å². The van der Waals surface area contributed by atoms with Gasteiger partial charge in [0, 0.05) is 6.54 Å². The fraction of sp³-hybridized carbons (Fsp3) is 0.333. The molecular formula is C21H27NO4. The summed E-state index contributed by atoms with van der Waals surface area (Å²) in [6.07, 6.45) is -0.443. The van der Waals surface area contributed by atoms with Crippen molar-refractivity contribution in [2.45, 2.75) is 30.9 Å². The summed E-state index contributed by atoms with van der Waals surface area (Å²) in [7, 11) is 1.84. The maximum atomic E-state index is 10.6. The van der Waals surface area contributed by atoms with E-state index in [4.69, 9.17) is 5.11 Å². The van der Waals surface area contributed by atoms with Gasteiger partial charge in [-0.1, -0.05) is 72.8 Å². The zero-order valence-corrected chi connectivity index (χ0v) is 14.9. The molecule has 0 aliphatic heterocycles. The molecule has 2 rings (SSSR count). The van der Waals surface area contributed by atoms with Gasteiger partial charge in [-0.25, -0.2) is 0 Å². The van der Waals surface area contributed by atoms with Gasteiger partial charge in [-0.2, -0.15) is 0 Å². The number of aliphatic hydroxyl groups is 4. The molecular weight excluding hydrogens is 330 g/mol. The molecule has 0 aliphatic rings. The summed E-state index contributed by atoms with van der Waals surface area (Å²) in [6, 6.07) is 18.9. The Bertz CT molecular complexity index is 662. The Morgan fingerprint density at radius 1 is 0.885 bits per heavy atom. The molecule has 4 unspecified atom stereocenters. The number of hydrogen-bond donors (Lipinski definition) is 4. The number of benzene rings is 2. The summed E-state index contributed by atoms with van der Waals surface area (Å²) in [5.74, 6) is 0. The van der Waals surface area contributed by atoms with Crippen LogP contribution in [0.15, 0.2) is 66.7 Å². The van der Waals surface area contributed by atoms with Gasteiger partial charge in [0.1, 0.15) is 18.3 Å². The molecule has 0 saturated heterocycles. The first-order valence-electron chi connectivity index (χ1n) is 8.65. The Hall–Kier alpha value is -2.02. The third-order valence-corrected chi connectivity index (χ3v) is 4.35. The number of likely N-dealkylation sites (N-methyl/N-ethyl adjacent to an activating group) is 1. The standard InChI is InChI=1S/C21H27NO4/c1-22(14-17-10-6-3-7-11-17)18(20(25)21(26)19(24)15-23)13-12-16-8-4-2-5-9-16/h2-13,18-21,23-26H,14-15H2,1H3/b13-12+. The average molecular weight is 357 g/mol. The highest BCUT2D eigenvalue weighted by Crippen LogP contribution is 2.16. The molecule has 0 bridgehead atoms. The Morgan fingerprint density at radius 3 is 2.04 bits per heavy atom. The highest BCUT2D eigenvalue weighted by atomic mass is 16.4. The second kappa shape index (κ2) is 10.2. The Balaban J connectivity index is 2.20. The number of aliphatic hydroxyl groups excluding tert-OH is 4. The zero-order chi connectivity index (χ0) is 18.9. The van der Waals surface area contributed by atoms with Crippen molar-refractivity contribution in [3.8, 4) is 0 Å². The fourth-order valence-electron chi connectivity index (χ4n) is 2.81. The number of hydrogen-bond acceptors (Lipinski definition) is 5. The smallest absolute Gasteiger partial charge is 0.110 e. The molecule has 140 valence electrons. The molecule has 26 heavy (non-hydrogen) atoms. The van der Waals surface area contributed by atoms with Crippen LogP contribution in [0.2, 0.25) is 0 Å². The molecule has 0 fully saturated rings. The molecule has 2 aromatic carbocycles. The van der Waals surface area contributed by atoms with Crippen molar-refractivity contribution in [3.63, 3.8) is 0 Å². The van der Waals surface area contributed by atoms with Crippen LogP contribution < -0.4 is 0 Å². The summed E-state index contributed by atoms with van der Waals surface area (Å²) in [6.45, 7) is -0.0562. The van der Waals surface area contributed by atoms with Crippen molar-refractivity contribution in [2.75, 3.05) is 13.7 Å². The Labute approximate surface area is 154 Å². The Morgan fingerprint density at radius 2 is 1.46 bits per heavy atom. The van der Waals surface area contributed by atoms with Crippen molar-refractivity contribution in [1.29, 1.82) is 0 Å². The summed E-state index contributed by atoms with van der Waals surface area (Å²) < 4.78 is 0. The van der Waals surface area contributed by atoms with Gasteiger partial charge in [0.25, 0.3) is 0 Å². The van der Waals surface area contributed by atoms with Crippen molar-refractivity contribution in [3.05, 3.63) is 77.9 Å². The van der Waals surface area contributed by atoms with E-state index in [9.17, 15) is 15.3 Å². The van der Waals surface area contributed by atoms with Gasteiger partial charge in [0.2, 0.25) is 0 Å². The van der Waals surface area contributed by atoms with E-state index >= 15 is 0 Å². The minimum absolute atomic E-state index is 0.549. The minimum Gasteiger partial charge on any atom is -0.394 e. The van der Waals surface area contributed by atoms with Gasteiger partial charge in [0.15, 0.2) is 0 Å². The largest absolute Gasteiger partial charge is 0.394 e. The van der Waals surface area contributed by atoms with Crippen LogP contribution in [0, 0.1) is 0 Å². The first-order chi connectivity index (χ1) is 12.5. The van der Waals surface area contributed by atoms with Gasteiger partial charge < -0.3 is 20.4 Å². The van der Waals surface area contributed by atoms with E-state index < -0.39 is 31.0 Å².